The number of benzene rings is 1. The molecule has 0 radical (unpaired) electrons. The van der Waals surface area contributed by atoms with E-state index in [1.807, 2.05) is 0 Å². The first-order valence-corrected chi connectivity index (χ1v) is 5.36. The minimum Gasteiger partial charge on any atom is -0.321 e. The number of halogens is 2. The Kier molecular flexibility index (Phi) is 2.46. The van der Waals surface area contributed by atoms with Crippen LogP contribution in [0.1, 0.15) is 12.5 Å². The fraction of sp³-hybridized carbons (Fsp3) is 0.200. The molecule has 1 fully saturated rings. The molecule has 1 atom stereocenters. The molecular weight excluding hydrogens is 277 g/mol. The van der Waals surface area contributed by atoms with Gasteiger partial charge in [-0.05, 0) is 19.1 Å². The van der Waals surface area contributed by atoms with Gasteiger partial charge in [-0.15, -0.1) is 0 Å². The molecule has 4 nitrogen and oxygen atoms in total. The molecule has 2 amide bonds. The van der Waals surface area contributed by atoms with Gasteiger partial charge in [0.2, 0.25) is 0 Å². The summed E-state index contributed by atoms with van der Waals surface area (Å²) in [6.07, 6.45) is 0. The number of carbonyl (C=O) groups is 1. The van der Waals surface area contributed by atoms with Crippen LogP contribution in [0.2, 0.25) is 0 Å². The minimum atomic E-state index is -1.12. The topological polar surface area (TPSA) is 65.0 Å². The molecule has 1 aliphatic rings. The average Bonchev–Trinajstić information content (AvgIpc) is 2.40. The maximum atomic E-state index is 13.7. The van der Waals surface area contributed by atoms with Crippen molar-refractivity contribution in [2.45, 2.75) is 12.5 Å². The summed E-state index contributed by atoms with van der Waals surface area (Å²) in [4.78, 5) is 11.1. The van der Waals surface area contributed by atoms with Gasteiger partial charge < -0.3 is 5.32 Å². The molecular formula is C10H9BrFN3O. The molecule has 1 unspecified atom stereocenters. The first kappa shape index (κ1) is 11.1. The first-order chi connectivity index (χ1) is 7.43. The van der Waals surface area contributed by atoms with Crippen molar-refractivity contribution in [1.29, 1.82) is 5.41 Å². The van der Waals surface area contributed by atoms with Crippen molar-refractivity contribution in [3.05, 3.63) is 34.1 Å². The maximum Gasteiger partial charge on any atom is 0.321 e. The number of nitrogens with one attached hydrogen (secondary N) is 3. The number of carbonyl (C=O) groups excluding carboxylic acids is 1. The molecule has 0 aromatic heterocycles. The van der Waals surface area contributed by atoms with Crippen LogP contribution in [0.3, 0.4) is 0 Å². The van der Waals surface area contributed by atoms with Crippen LogP contribution in [0, 0.1) is 11.2 Å². The van der Waals surface area contributed by atoms with E-state index in [0.29, 0.717) is 4.47 Å². The highest BCUT2D eigenvalue weighted by atomic mass is 79.9. The number of rotatable bonds is 1. The second-order valence-electron chi connectivity index (χ2n) is 3.70. The highest BCUT2D eigenvalue weighted by Gasteiger charge is 2.42. The van der Waals surface area contributed by atoms with Gasteiger partial charge in [0, 0.05) is 10.0 Å². The third kappa shape index (κ3) is 1.59. The molecule has 0 saturated carbocycles. The molecule has 6 heteroatoms. The predicted molar refractivity (Wildman–Crippen MR) is 60.8 cm³/mol. The van der Waals surface area contributed by atoms with Gasteiger partial charge in [-0.2, -0.15) is 0 Å². The summed E-state index contributed by atoms with van der Waals surface area (Å²) in [6.45, 7) is 1.58. The fourth-order valence-electron chi connectivity index (χ4n) is 1.66. The van der Waals surface area contributed by atoms with Gasteiger partial charge in [-0.25, -0.2) is 9.18 Å². The van der Waals surface area contributed by atoms with Crippen LogP contribution in [0.5, 0.6) is 0 Å². The zero-order valence-electron chi connectivity index (χ0n) is 8.40. The molecule has 1 saturated heterocycles. The van der Waals surface area contributed by atoms with Gasteiger partial charge in [0.05, 0.1) is 0 Å². The van der Waals surface area contributed by atoms with Crippen LogP contribution < -0.4 is 10.6 Å². The van der Waals surface area contributed by atoms with Gasteiger partial charge in [-0.1, -0.05) is 22.0 Å². The lowest BCUT2D eigenvalue weighted by molar-refractivity contribution is 0.245. The van der Waals surface area contributed by atoms with E-state index in [4.69, 9.17) is 5.41 Å². The lowest BCUT2D eigenvalue weighted by Crippen LogP contribution is -2.41. The van der Waals surface area contributed by atoms with Gasteiger partial charge in [0.1, 0.15) is 17.2 Å². The first-order valence-electron chi connectivity index (χ1n) is 4.57. The van der Waals surface area contributed by atoms with E-state index in [9.17, 15) is 9.18 Å². The summed E-state index contributed by atoms with van der Waals surface area (Å²) in [7, 11) is 0. The van der Waals surface area contributed by atoms with E-state index in [1.165, 1.54) is 6.07 Å². The predicted octanol–water partition coefficient (Wildman–Crippen LogP) is 2.09. The Morgan fingerprint density at radius 2 is 2.19 bits per heavy atom. The minimum absolute atomic E-state index is 0.0567. The van der Waals surface area contributed by atoms with Gasteiger partial charge in [0.15, 0.2) is 0 Å². The molecule has 1 aromatic rings. The van der Waals surface area contributed by atoms with E-state index < -0.39 is 17.4 Å². The number of hydrogen-bond acceptors (Lipinski definition) is 2. The summed E-state index contributed by atoms with van der Waals surface area (Å²) in [5.74, 6) is -0.524. The molecule has 3 N–H and O–H groups in total. The second-order valence-corrected chi connectivity index (χ2v) is 4.62. The van der Waals surface area contributed by atoms with Gasteiger partial charge in [-0.3, -0.25) is 10.7 Å². The highest BCUT2D eigenvalue weighted by Crippen LogP contribution is 2.28. The second kappa shape index (κ2) is 3.55. The average molecular weight is 286 g/mol. The summed E-state index contributed by atoms with van der Waals surface area (Å²) in [5.41, 5.74) is -0.860. The van der Waals surface area contributed by atoms with Crippen LogP contribution >= 0.6 is 15.9 Å². The van der Waals surface area contributed by atoms with Gasteiger partial charge >= 0.3 is 6.03 Å². The summed E-state index contributed by atoms with van der Waals surface area (Å²) >= 11 is 3.15. The largest absolute Gasteiger partial charge is 0.321 e. The van der Waals surface area contributed by atoms with Crippen LogP contribution in [0.4, 0.5) is 9.18 Å². The van der Waals surface area contributed by atoms with E-state index >= 15 is 0 Å². The van der Waals surface area contributed by atoms with Crippen molar-refractivity contribution >= 4 is 27.8 Å². The molecule has 1 heterocycles. The lowest BCUT2D eigenvalue weighted by Gasteiger charge is -2.23. The normalized spacial score (nSPS) is 24.2. The zero-order valence-corrected chi connectivity index (χ0v) is 9.98. The number of hydrogen-bond donors (Lipinski definition) is 3. The summed E-state index contributed by atoms with van der Waals surface area (Å²) < 4.78 is 14.4. The highest BCUT2D eigenvalue weighted by molar-refractivity contribution is 9.10. The molecule has 84 valence electrons. The Hall–Kier alpha value is -1.43. The van der Waals surface area contributed by atoms with Crippen molar-refractivity contribution in [3.63, 3.8) is 0 Å². The van der Waals surface area contributed by atoms with Crippen molar-refractivity contribution in [2.75, 3.05) is 0 Å². The van der Waals surface area contributed by atoms with E-state index in [2.05, 4.69) is 26.6 Å². The number of amidine groups is 1. The van der Waals surface area contributed by atoms with E-state index in [1.54, 1.807) is 19.1 Å². The smallest absolute Gasteiger partial charge is 0.321 e. The summed E-state index contributed by atoms with van der Waals surface area (Å²) in [6, 6.07) is 4.02. The van der Waals surface area contributed by atoms with Crippen molar-refractivity contribution in [2.24, 2.45) is 0 Å². The van der Waals surface area contributed by atoms with Gasteiger partial charge in [0.25, 0.3) is 0 Å². The molecule has 16 heavy (non-hydrogen) atoms. The molecule has 1 aliphatic heterocycles. The zero-order chi connectivity index (χ0) is 11.9. The Balaban J connectivity index is 2.51. The summed E-state index contributed by atoms with van der Waals surface area (Å²) in [5, 5.41) is 12.5. The van der Waals surface area contributed by atoms with Crippen LogP contribution in [0.25, 0.3) is 0 Å². The molecule has 2 rings (SSSR count). The Morgan fingerprint density at radius 3 is 2.69 bits per heavy atom. The van der Waals surface area contributed by atoms with Crippen molar-refractivity contribution < 1.29 is 9.18 Å². The molecule has 0 spiro atoms. The standard InChI is InChI=1S/C10H9BrFN3O/c1-10(8(13)14-9(16)15-10)6-3-2-5(11)4-7(6)12/h2-4H,1H3,(H3,13,14,15,16). The van der Waals surface area contributed by atoms with Crippen LogP contribution in [-0.2, 0) is 5.54 Å². The SMILES string of the molecule is CC1(c2ccc(Br)cc2F)NC(=O)NC1=N. The molecule has 0 aliphatic carbocycles. The molecule has 1 aromatic carbocycles. The maximum absolute atomic E-state index is 13.7. The van der Waals surface area contributed by atoms with Crippen molar-refractivity contribution in [3.8, 4) is 0 Å². The van der Waals surface area contributed by atoms with Crippen LogP contribution in [0.15, 0.2) is 22.7 Å². The number of amides is 2. The Morgan fingerprint density at radius 1 is 1.50 bits per heavy atom. The van der Waals surface area contributed by atoms with E-state index in [0.717, 1.165) is 0 Å². The molecule has 0 bridgehead atoms. The lowest BCUT2D eigenvalue weighted by atomic mass is 9.91. The Bertz CT molecular complexity index is 491. The fourth-order valence-corrected chi connectivity index (χ4v) is 1.99. The third-order valence-corrected chi connectivity index (χ3v) is 3.07. The number of urea groups is 1. The Labute approximate surface area is 99.9 Å². The van der Waals surface area contributed by atoms with Crippen LogP contribution in [-0.4, -0.2) is 11.9 Å². The van der Waals surface area contributed by atoms with E-state index in [-0.39, 0.29) is 11.4 Å². The monoisotopic (exact) mass is 285 g/mol. The third-order valence-electron chi connectivity index (χ3n) is 2.57. The van der Waals surface area contributed by atoms with Crippen molar-refractivity contribution in [1.82, 2.24) is 10.6 Å². The quantitative estimate of drug-likeness (QED) is 0.727.